The van der Waals surface area contributed by atoms with Crippen molar-refractivity contribution in [3.05, 3.63) is 46.9 Å². The van der Waals surface area contributed by atoms with Crippen LogP contribution in [0.1, 0.15) is 25.3 Å². The van der Waals surface area contributed by atoms with Crippen LogP contribution in [0.4, 0.5) is 4.39 Å². The van der Waals surface area contributed by atoms with E-state index in [1.54, 1.807) is 19.9 Å². The molecule has 1 heterocycles. The maximum absolute atomic E-state index is 14.7. The van der Waals surface area contributed by atoms with Gasteiger partial charge in [-0.2, -0.15) is 0 Å². The number of esters is 2. The average Bonchev–Trinajstić information content (AvgIpc) is 2.67. The molecule has 1 aliphatic heterocycles. The summed E-state index contributed by atoms with van der Waals surface area (Å²) in [6, 6.07) is 5.99. The molecule has 28 heavy (non-hydrogen) atoms. The van der Waals surface area contributed by atoms with E-state index in [1.165, 1.54) is 25.3 Å². The van der Waals surface area contributed by atoms with Crippen LogP contribution in [-0.2, 0) is 23.8 Å². The number of ether oxygens (including phenoxy) is 3. The Morgan fingerprint density at radius 3 is 2.61 bits per heavy atom. The predicted molar refractivity (Wildman–Crippen MR) is 101 cm³/mol. The first kappa shape index (κ1) is 21.7. The minimum atomic E-state index is -0.959. The summed E-state index contributed by atoms with van der Waals surface area (Å²) >= 11 is 0. The quantitative estimate of drug-likeness (QED) is 0.536. The van der Waals surface area contributed by atoms with Gasteiger partial charge in [0.05, 0.1) is 38.2 Å². The van der Waals surface area contributed by atoms with E-state index in [-0.39, 0.29) is 36.7 Å². The van der Waals surface area contributed by atoms with Crippen molar-refractivity contribution in [1.29, 1.82) is 0 Å². The lowest BCUT2D eigenvalue weighted by molar-refractivity contribution is -0.144. The number of halogens is 1. The molecule has 152 valence electrons. The number of nitrogens with two attached hydrogens (primary N) is 1. The molecule has 0 spiro atoms. The van der Waals surface area contributed by atoms with Gasteiger partial charge in [-0.1, -0.05) is 18.2 Å². The van der Waals surface area contributed by atoms with Crippen molar-refractivity contribution in [2.45, 2.75) is 19.8 Å². The van der Waals surface area contributed by atoms with Gasteiger partial charge in [-0.05, 0) is 25.5 Å². The predicted octanol–water partition coefficient (Wildman–Crippen LogP) is 1.97. The van der Waals surface area contributed by atoms with Crippen LogP contribution in [0.5, 0.6) is 0 Å². The molecule has 0 aliphatic carbocycles. The third kappa shape index (κ3) is 4.63. The van der Waals surface area contributed by atoms with Crippen LogP contribution in [0.3, 0.4) is 0 Å². The molecule has 0 aromatic heterocycles. The van der Waals surface area contributed by atoms with Crippen LogP contribution in [0.2, 0.25) is 0 Å². The van der Waals surface area contributed by atoms with Crippen molar-refractivity contribution >= 4 is 17.7 Å². The van der Waals surface area contributed by atoms with Crippen molar-refractivity contribution in [2.24, 2.45) is 16.6 Å². The maximum atomic E-state index is 14.7. The zero-order chi connectivity index (χ0) is 20.7. The fourth-order valence-electron chi connectivity index (χ4n) is 3.24. The van der Waals surface area contributed by atoms with Crippen molar-refractivity contribution < 1.29 is 28.2 Å². The van der Waals surface area contributed by atoms with Crippen molar-refractivity contribution in [3.8, 4) is 0 Å². The van der Waals surface area contributed by atoms with Gasteiger partial charge in [-0.3, -0.25) is 9.79 Å². The third-order valence-corrected chi connectivity index (χ3v) is 4.41. The Morgan fingerprint density at radius 1 is 1.29 bits per heavy atom. The van der Waals surface area contributed by atoms with Gasteiger partial charge >= 0.3 is 11.9 Å². The first-order valence-electron chi connectivity index (χ1n) is 9.01. The van der Waals surface area contributed by atoms with Crippen molar-refractivity contribution in [2.75, 3.05) is 33.5 Å². The molecular weight excluding hydrogens is 367 g/mol. The molecule has 8 heteroatoms. The molecule has 2 atom stereocenters. The van der Waals surface area contributed by atoms with Gasteiger partial charge in [0.2, 0.25) is 0 Å². The van der Waals surface area contributed by atoms with E-state index in [2.05, 4.69) is 4.99 Å². The van der Waals surface area contributed by atoms with Gasteiger partial charge in [-0.15, -0.1) is 0 Å². The summed E-state index contributed by atoms with van der Waals surface area (Å²) in [6.07, 6.45) is 0. The highest BCUT2D eigenvalue weighted by atomic mass is 19.1. The minimum absolute atomic E-state index is 0.0124. The molecule has 0 amide bonds. The second-order valence-electron chi connectivity index (χ2n) is 6.18. The normalized spacial score (nSPS) is 19.2. The number of carbonyl (C=O) groups excluding carboxylic acids is 2. The van der Waals surface area contributed by atoms with Crippen LogP contribution >= 0.6 is 0 Å². The van der Waals surface area contributed by atoms with Gasteiger partial charge in [0.25, 0.3) is 0 Å². The Labute approximate surface area is 163 Å². The zero-order valence-corrected chi connectivity index (χ0v) is 16.2. The lowest BCUT2D eigenvalue weighted by Crippen LogP contribution is -2.37. The van der Waals surface area contributed by atoms with Gasteiger partial charge in [-0.25, -0.2) is 9.18 Å². The van der Waals surface area contributed by atoms with Crippen LogP contribution in [0.25, 0.3) is 0 Å². The number of rotatable bonds is 8. The van der Waals surface area contributed by atoms with Gasteiger partial charge in [0.1, 0.15) is 11.7 Å². The van der Waals surface area contributed by atoms with Crippen LogP contribution in [0.15, 0.2) is 40.5 Å². The number of aliphatic imine (C=N–C) groups is 1. The lowest BCUT2D eigenvalue weighted by Gasteiger charge is -2.32. The second kappa shape index (κ2) is 10.1. The molecule has 2 N–H and O–H groups in total. The number of methoxy groups -OCH3 is 1. The highest BCUT2D eigenvalue weighted by Crippen LogP contribution is 2.41. The Morgan fingerprint density at radius 2 is 2.00 bits per heavy atom. The van der Waals surface area contributed by atoms with E-state index in [4.69, 9.17) is 19.9 Å². The number of hydrogen-bond donors (Lipinski definition) is 1. The first-order chi connectivity index (χ1) is 13.5. The monoisotopic (exact) mass is 392 g/mol. The number of nitrogens with zero attached hydrogens (tertiary/aromatic N) is 1. The molecule has 7 nitrogen and oxygen atoms in total. The molecule has 0 radical (unpaired) electrons. The molecule has 2 unspecified atom stereocenters. The lowest BCUT2D eigenvalue weighted by atomic mass is 9.75. The molecule has 2 rings (SSSR count). The summed E-state index contributed by atoms with van der Waals surface area (Å²) in [4.78, 5) is 29.7. The molecule has 0 bridgehead atoms. The Hall–Kier alpha value is -2.58. The molecule has 0 saturated carbocycles. The van der Waals surface area contributed by atoms with Gasteiger partial charge < -0.3 is 19.9 Å². The summed E-state index contributed by atoms with van der Waals surface area (Å²) in [5.74, 6) is -3.73. The van der Waals surface area contributed by atoms with E-state index < -0.39 is 29.6 Å². The Balaban J connectivity index is 2.67. The van der Waals surface area contributed by atoms with Gasteiger partial charge in [0.15, 0.2) is 0 Å². The smallest absolute Gasteiger partial charge is 0.336 e. The SMILES string of the molecule is CCOC(=O)C1=C(COCCN)N=C(C)C(C(=O)OC)C1c1ccccc1F. The van der Waals surface area contributed by atoms with E-state index in [0.717, 1.165) is 0 Å². The standard InChI is InChI=1S/C20H25FN2O5/c1-4-28-20(25)18-15(11-27-10-9-22)23-12(2)16(19(24)26-3)17(18)13-7-5-6-8-14(13)21/h5-8,16-17H,4,9-11,22H2,1-3H3. The molecule has 0 saturated heterocycles. The maximum Gasteiger partial charge on any atom is 0.336 e. The highest BCUT2D eigenvalue weighted by molar-refractivity contribution is 6.07. The Kier molecular flexibility index (Phi) is 7.83. The summed E-state index contributed by atoms with van der Waals surface area (Å²) in [7, 11) is 1.24. The summed E-state index contributed by atoms with van der Waals surface area (Å²) in [5, 5.41) is 0. The number of hydrogen-bond acceptors (Lipinski definition) is 7. The average molecular weight is 392 g/mol. The van der Waals surface area contributed by atoms with Crippen molar-refractivity contribution in [3.63, 3.8) is 0 Å². The van der Waals surface area contributed by atoms with Crippen molar-refractivity contribution in [1.82, 2.24) is 0 Å². The third-order valence-electron chi connectivity index (χ3n) is 4.41. The van der Waals surface area contributed by atoms with Crippen LogP contribution in [-0.4, -0.2) is 51.1 Å². The van der Waals surface area contributed by atoms with E-state index in [1.807, 2.05) is 0 Å². The molecular formula is C20H25FN2O5. The number of carbonyl (C=O) groups is 2. The fourth-order valence-corrected chi connectivity index (χ4v) is 3.24. The molecule has 1 aromatic carbocycles. The molecule has 1 aromatic rings. The molecule has 0 fully saturated rings. The minimum Gasteiger partial charge on any atom is -0.468 e. The number of benzene rings is 1. The topological polar surface area (TPSA) is 100 Å². The Bertz CT molecular complexity index is 791. The van der Waals surface area contributed by atoms with E-state index in [0.29, 0.717) is 12.3 Å². The zero-order valence-electron chi connectivity index (χ0n) is 16.2. The first-order valence-corrected chi connectivity index (χ1v) is 9.01. The van der Waals surface area contributed by atoms with Gasteiger partial charge in [0, 0.05) is 18.2 Å². The van der Waals surface area contributed by atoms with E-state index >= 15 is 0 Å². The molecule has 1 aliphatic rings. The van der Waals surface area contributed by atoms with Crippen LogP contribution in [0, 0.1) is 11.7 Å². The van der Waals surface area contributed by atoms with E-state index in [9.17, 15) is 14.0 Å². The second-order valence-corrected chi connectivity index (χ2v) is 6.18. The highest BCUT2D eigenvalue weighted by Gasteiger charge is 2.43. The fraction of sp³-hybridized carbons (Fsp3) is 0.450. The summed E-state index contributed by atoms with van der Waals surface area (Å²) in [6.45, 7) is 3.97. The largest absolute Gasteiger partial charge is 0.468 e. The summed E-state index contributed by atoms with van der Waals surface area (Å²) in [5.41, 5.74) is 6.42. The van der Waals surface area contributed by atoms with Crippen LogP contribution < -0.4 is 5.73 Å². The summed E-state index contributed by atoms with van der Waals surface area (Å²) < 4.78 is 30.2.